The molecule has 126 valence electrons. The molecule has 0 spiro atoms. The minimum Gasteiger partial charge on any atom is -0.299 e. The lowest BCUT2D eigenvalue weighted by molar-refractivity contribution is 0.584. The lowest BCUT2D eigenvalue weighted by Crippen LogP contribution is -2.20. The predicted molar refractivity (Wildman–Crippen MR) is 103 cm³/mol. The van der Waals surface area contributed by atoms with Gasteiger partial charge >= 0.3 is 0 Å². The van der Waals surface area contributed by atoms with Crippen molar-refractivity contribution in [3.63, 3.8) is 0 Å². The van der Waals surface area contributed by atoms with Crippen LogP contribution >= 0.6 is 11.3 Å². The van der Waals surface area contributed by atoms with Crippen LogP contribution in [0, 0.1) is 20.8 Å². The predicted octanol–water partition coefficient (Wildman–Crippen LogP) is 5.24. The van der Waals surface area contributed by atoms with Crippen LogP contribution in [0.4, 0.5) is 0 Å². The Bertz CT molecular complexity index is 937. The molecule has 0 aliphatic rings. The molecule has 4 heteroatoms. The summed E-state index contributed by atoms with van der Waals surface area (Å²) < 4.78 is 1.78. The number of fused-ring (bicyclic) bond motifs is 1. The van der Waals surface area contributed by atoms with Gasteiger partial charge in [0.05, 0.1) is 11.7 Å². The van der Waals surface area contributed by atoms with Gasteiger partial charge in [0, 0.05) is 17.0 Å². The van der Waals surface area contributed by atoms with E-state index in [2.05, 4.69) is 50.9 Å². The van der Waals surface area contributed by atoms with Crippen molar-refractivity contribution in [2.75, 3.05) is 0 Å². The Morgan fingerprint density at radius 3 is 2.71 bits per heavy atom. The monoisotopic (exact) mass is 340 g/mol. The number of thiophene rings is 1. The molecular formula is C20H24N2OS. The SMILES string of the molecule is CCCCCn1cnc2sc(C)c(-c3cc(C)ccc3C)c2c1=O. The van der Waals surface area contributed by atoms with E-state index in [1.165, 1.54) is 11.1 Å². The zero-order chi connectivity index (χ0) is 17.3. The molecule has 3 nitrogen and oxygen atoms in total. The topological polar surface area (TPSA) is 34.9 Å². The molecule has 0 radical (unpaired) electrons. The van der Waals surface area contributed by atoms with Crippen LogP contribution in [-0.2, 0) is 6.54 Å². The molecule has 2 aromatic heterocycles. The summed E-state index contributed by atoms with van der Waals surface area (Å²) in [4.78, 5) is 19.6. The van der Waals surface area contributed by atoms with Crippen molar-refractivity contribution in [3.8, 4) is 11.1 Å². The van der Waals surface area contributed by atoms with E-state index in [0.717, 1.165) is 52.0 Å². The smallest absolute Gasteiger partial charge is 0.262 e. The van der Waals surface area contributed by atoms with Crippen molar-refractivity contribution >= 4 is 21.6 Å². The lowest BCUT2D eigenvalue weighted by Gasteiger charge is -2.09. The van der Waals surface area contributed by atoms with Crippen molar-refractivity contribution in [3.05, 3.63) is 50.9 Å². The van der Waals surface area contributed by atoms with Crippen molar-refractivity contribution in [1.29, 1.82) is 0 Å². The minimum atomic E-state index is 0.0939. The van der Waals surface area contributed by atoms with Gasteiger partial charge in [-0.1, -0.05) is 43.5 Å². The van der Waals surface area contributed by atoms with Crippen LogP contribution in [0.1, 0.15) is 42.2 Å². The average molecular weight is 340 g/mol. The van der Waals surface area contributed by atoms with E-state index < -0.39 is 0 Å². The highest BCUT2D eigenvalue weighted by atomic mass is 32.1. The number of hydrogen-bond donors (Lipinski definition) is 0. The molecule has 0 N–H and O–H groups in total. The quantitative estimate of drug-likeness (QED) is 0.595. The highest BCUT2D eigenvalue weighted by Gasteiger charge is 2.18. The second kappa shape index (κ2) is 6.89. The zero-order valence-corrected chi connectivity index (χ0v) is 15.7. The summed E-state index contributed by atoms with van der Waals surface area (Å²) in [6, 6.07) is 6.42. The molecule has 0 saturated heterocycles. The Kier molecular flexibility index (Phi) is 4.86. The number of aryl methyl sites for hydroxylation is 4. The van der Waals surface area contributed by atoms with Crippen molar-refractivity contribution in [2.24, 2.45) is 0 Å². The number of hydrogen-bond acceptors (Lipinski definition) is 3. The standard InChI is InChI=1S/C20H24N2OS/c1-5-6-7-10-22-12-21-19-18(20(22)23)17(15(4)24-19)16-11-13(2)8-9-14(16)3/h8-9,11-12H,5-7,10H2,1-4H3. The molecule has 0 atom stereocenters. The summed E-state index contributed by atoms with van der Waals surface area (Å²) in [6.45, 7) is 9.20. The molecule has 3 aromatic rings. The molecule has 0 bridgehead atoms. The van der Waals surface area contributed by atoms with Crippen molar-refractivity contribution < 1.29 is 0 Å². The van der Waals surface area contributed by atoms with Crippen LogP contribution in [0.15, 0.2) is 29.3 Å². The number of benzene rings is 1. The average Bonchev–Trinajstić information content (AvgIpc) is 2.89. The number of unbranched alkanes of at least 4 members (excludes halogenated alkanes) is 2. The van der Waals surface area contributed by atoms with Crippen molar-refractivity contribution in [2.45, 2.75) is 53.5 Å². The Labute approximate surface area is 147 Å². The van der Waals surface area contributed by atoms with Gasteiger partial charge in [-0.25, -0.2) is 4.98 Å². The molecule has 0 unspecified atom stereocenters. The van der Waals surface area contributed by atoms with E-state index in [-0.39, 0.29) is 5.56 Å². The van der Waals surface area contributed by atoms with Crippen LogP contribution in [0.3, 0.4) is 0 Å². The minimum absolute atomic E-state index is 0.0939. The molecule has 0 aliphatic carbocycles. The molecule has 24 heavy (non-hydrogen) atoms. The first-order valence-corrected chi connectivity index (χ1v) is 9.40. The Balaban J connectivity index is 2.21. The van der Waals surface area contributed by atoms with Gasteiger partial charge in [-0.05, 0) is 38.3 Å². The molecule has 3 rings (SSSR count). The summed E-state index contributed by atoms with van der Waals surface area (Å²) in [7, 11) is 0. The molecule has 1 aromatic carbocycles. The van der Waals surface area contributed by atoms with Gasteiger partial charge in [0.2, 0.25) is 0 Å². The Hall–Kier alpha value is -1.94. The van der Waals surface area contributed by atoms with E-state index >= 15 is 0 Å². The van der Waals surface area contributed by atoms with E-state index in [9.17, 15) is 4.79 Å². The van der Waals surface area contributed by atoms with Crippen LogP contribution in [-0.4, -0.2) is 9.55 Å². The first-order valence-electron chi connectivity index (χ1n) is 8.59. The Morgan fingerprint density at radius 2 is 1.96 bits per heavy atom. The summed E-state index contributed by atoms with van der Waals surface area (Å²) in [5, 5.41) is 0.783. The third-order valence-electron chi connectivity index (χ3n) is 4.52. The largest absolute Gasteiger partial charge is 0.299 e. The maximum Gasteiger partial charge on any atom is 0.262 e. The van der Waals surface area contributed by atoms with Gasteiger partial charge in [-0.2, -0.15) is 0 Å². The second-order valence-corrected chi connectivity index (χ2v) is 7.69. The van der Waals surface area contributed by atoms with Crippen LogP contribution in [0.5, 0.6) is 0 Å². The van der Waals surface area contributed by atoms with Crippen LogP contribution < -0.4 is 5.56 Å². The molecule has 0 fully saturated rings. The van der Waals surface area contributed by atoms with E-state index in [4.69, 9.17) is 0 Å². The third kappa shape index (κ3) is 3.03. The van der Waals surface area contributed by atoms with E-state index in [1.54, 1.807) is 22.2 Å². The second-order valence-electron chi connectivity index (χ2n) is 6.48. The maximum atomic E-state index is 13.1. The van der Waals surface area contributed by atoms with Crippen LogP contribution in [0.25, 0.3) is 21.3 Å². The first kappa shape index (κ1) is 16.9. The first-order chi connectivity index (χ1) is 11.5. The number of nitrogens with zero attached hydrogens (tertiary/aromatic N) is 2. The Morgan fingerprint density at radius 1 is 1.17 bits per heavy atom. The summed E-state index contributed by atoms with van der Waals surface area (Å²) in [5.74, 6) is 0. The van der Waals surface area contributed by atoms with Gasteiger partial charge < -0.3 is 0 Å². The van der Waals surface area contributed by atoms with Gasteiger partial charge in [0.1, 0.15) is 4.83 Å². The zero-order valence-electron chi connectivity index (χ0n) is 14.8. The molecule has 0 aliphatic heterocycles. The summed E-state index contributed by atoms with van der Waals surface area (Å²) in [5.41, 5.74) is 4.73. The molecule has 2 heterocycles. The summed E-state index contributed by atoms with van der Waals surface area (Å²) in [6.07, 6.45) is 5.02. The fraction of sp³-hybridized carbons (Fsp3) is 0.400. The highest BCUT2D eigenvalue weighted by Crippen LogP contribution is 2.37. The molecule has 0 saturated carbocycles. The molecular weight excluding hydrogens is 316 g/mol. The number of aromatic nitrogens is 2. The number of rotatable bonds is 5. The highest BCUT2D eigenvalue weighted by molar-refractivity contribution is 7.19. The van der Waals surface area contributed by atoms with Gasteiger partial charge in [0.15, 0.2) is 0 Å². The molecule has 0 amide bonds. The fourth-order valence-corrected chi connectivity index (χ4v) is 4.15. The van der Waals surface area contributed by atoms with Gasteiger partial charge in [-0.15, -0.1) is 11.3 Å². The van der Waals surface area contributed by atoms with Crippen molar-refractivity contribution in [1.82, 2.24) is 9.55 Å². The van der Waals surface area contributed by atoms with E-state index in [0.29, 0.717) is 0 Å². The third-order valence-corrected chi connectivity index (χ3v) is 5.53. The van der Waals surface area contributed by atoms with Gasteiger partial charge in [0.25, 0.3) is 5.56 Å². The van der Waals surface area contributed by atoms with Crippen LogP contribution in [0.2, 0.25) is 0 Å². The fourth-order valence-electron chi connectivity index (χ4n) is 3.16. The lowest BCUT2D eigenvalue weighted by atomic mass is 9.97. The summed E-state index contributed by atoms with van der Waals surface area (Å²) >= 11 is 1.61. The normalized spacial score (nSPS) is 11.3. The maximum absolute atomic E-state index is 13.1. The van der Waals surface area contributed by atoms with E-state index in [1.807, 2.05) is 0 Å². The van der Waals surface area contributed by atoms with Gasteiger partial charge in [-0.3, -0.25) is 9.36 Å².